The fourth-order valence-electron chi connectivity index (χ4n) is 3.62. The van der Waals surface area contributed by atoms with E-state index in [1.165, 1.54) is 24.3 Å². The van der Waals surface area contributed by atoms with Crippen LogP contribution >= 0.6 is 0 Å². The first-order valence-corrected chi connectivity index (χ1v) is 12.1. The van der Waals surface area contributed by atoms with Crippen LogP contribution in [0.25, 0.3) is 11.5 Å². The lowest BCUT2D eigenvalue weighted by Crippen LogP contribution is -2.42. The van der Waals surface area contributed by atoms with E-state index in [1.807, 2.05) is 4.90 Å². The Labute approximate surface area is 204 Å². The lowest BCUT2D eigenvalue weighted by molar-refractivity contribution is -0.157. The lowest BCUT2D eigenvalue weighted by atomic mass is 10.1. The Bertz CT molecular complexity index is 1230. The van der Waals surface area contributed by atoms with E-state index in [1.54, 1.807) is 17.0 Å². The third-order valence-corrected chi connectivity index (χ3v) is 6.85. The summed E-state index contributed by atoms with van der Waals surface area (Å²) in [6.07, 6.45) is -9.23. The molecular formula is C23H20F6N4O2S. The molecule has 1 saturated heterocycles. The fourth-order valence-corrected chi connectivity index (χ4v) is 4.67. The van der Waals surface area contributed by atoms with E-state index in [0.717, 1.165) is 12.1 Å². The highest BCUT2D eigenvalue weighted by Crippen LogP contribution is 2.33. The van der Waals surface area contributed by atoms with E-state index < -0.39 is 34.6 Å². The molecular weight excluding hydrogens is 510 g/mol. The van der Waals surface area contributed by atoms with Crippen LogP contribution in [0.3, 0.4) is 0 Å². The number of hydrogen-bond donors (Lipinski definition) is 0. The summed E-state index contributed by atoms with van der Waals surface area (Å²) in [5, 5.41) is 6.44. The highest BCUT2D eigenvalue weighted by atomic mass is 32.2. The van der Waals surface area contributed by atoms with E-state index >= 15 is 0 Å². The van der Waals surface area contributed by atoms with Gasteiger partial charge >= 0.3 is 18.2 Å². The van der Waals surface area contributed by atoms with Gasteiger partial charge in [-0.2, -0.15) is 26.3 Å². The van der Waals surface area contributed by atoms with Crippen molar-refractivity contribution in [3.63, 3.8) is 0 Å². The van der Waals surface area contributed by atoms with Crippen molar-refractivity contribution in [3.8, 4) is 11.5 Å². The predicted molar refractivity (Wildman–Crippen MR) is 121 cm³/mol. The zero-order valence-electron chi connectivity index (χ0n) is 18.6. The minimum atomic E-state index is -4.76. The van der Waals surface area contributed by atoms with Gasteiger partial charge in [-0.3, -0.25) is 4.21 Å². The van der Waals surface area contributed by atoms with Crippen LogP contribution in [0, 0.1) is 0 Å². The quantitative estimate of drug-likeness (QED) is 0.403. The first kappa shape index (κ1) is 25.7. The smallest absolute Gasteiger partial charge is 0.413 e. The zero-order chi connectivity index (χ0) is 26.1. The molecule has 1 aromatic heterocycles. The molecule has 13 heteroatoms. The molecule has 4 rings (SSSR count). The van der Waals surface area contributed by atoms with Gasteiger partial charge in [-0.1, -0.05) is 18.7 Å². The van der Waals surface area contributed by atoms with Crippen molar-refractivity contribution in [3.05, 3.63) is 77.9 Å². The average molecular weight is 530 g/mol. The molecule has 0 unspecified atom stereocenters. The number of aromatic nitrogens is 2. The largest absolute Gasteiger partial charge is 0.470 e. The Morgan fingerprint density at radius 1 is 0.944 bits per heavy atom. The van der Waals surface area contributed by atoms with Crippen LogP contribution in [0.2, 0.25) is 0 Å². The number of alkyl halides is 6. The number of rotatable bonds is 6. The van der Waals surface area contributed by atoms with E-state index in [9.17, 15) is 30.6 Å². The maximum Gasteiger partial charge on any atom is 0.470 e. The molecule has 0 saturated carbocycles. The van der Waals surface area contributed by atoms with Gasteiger partial charge in [0.05, 0.1) is 5.56 Å². The molecule has 2 heterocycles. The summed E-state index contributed by atoms with van der Waals surface area (Å²) in [5.74, 6) is -0.299. The van der Waals surface area contributed by atoms with Crippen molar-refractivity contribution >= 4 is 16.5 Å². The lowest BCUT2D eigenvalue weighted by Gasteiger charge is -2.37. The van der Waals surface area contributed by atoms with E-state index in [-0.39, 0.29) is 18.0 Å². The van der Waals surface area contributed by atoms with Gasteiger partial charge in [0.2, 0.25) is 5.89 Å². The van der Waals surface area contributed by atoms with Crippen LogP contribution in [0.1, 0.15) is 17.0 Å². The number of benzene rings is 2. The summed E-state index contributed by atoms with van der Waals surface area (Å²) in [5.41, 5.74) is 0.666. The standard InChI is InChI=1S/C23H20F6N4O2S/c1-15(32-10-12-36(34)13-11-32)33(19-8-6-18(7-9-19)22(24,25)26)14-16-2-4-17(5-3-16)20-30-31-21(35-20)23(27,28)29/h2-9H,1,10-14H2. The van der Waals surface area contributed by atoms with Crippen molar-refractivity contribution in [2.75, 3.05) is 29.5 Å². The number of anilines is 1. The SMILES string of the molecule is C=C(N1CCS(=O)CC1)N(Cc1ccc(-c2nnc(C(F)(F)F)o2)cc1)c1ccc(C(F)(F)F)cc1. The molecule has 6 nitrogen and oxygen atoms in total. The highest BCUT2D eigenvalue weighted by molar-refractivity contribution is 7.85. The second kappa shape index (κ2) is 9.96. The predicted octanol–water partition coefficient (Wildman–Crippen LogP) is 5.32. The van der Waals surface area contributed by atoms with Crippen molar-refractivity contribution < 1.29 is 35.0 Å². The Kier molecular flexibility index (Phi) is 7.12. The molecule has 0 amide bonds. The van der Waals surface area contributed by atoms with Gasteiger partial charge in [0.15, 0.2) is 0 Å². The van der Waals surface area contributed by atoms with E-state index in [0.29, 0.717) is 41.7 Å². The van der Waals surface area contributed by atoms with Gasteiger partial charge in [0, 0.05) is 53.2 Å². The van der Waals surface area contributed by atoms with Gasteiger partial charge in [0.25, 0.3) is 0 Å². The number of nitrogens with zero attached hydrogens (tertiary/aromatic N) is 4. The van der Waals surface area contributed by atoms with Crippen LogP contribution in [0.4, 0.5) is 32.0 Å². The summed E-state index contributed by atoms with van der Waals surface area (Å²) in [6, 6.07) is 11.0. The first-order chi connectivity index (χ1) is 16.9. The molecule has 36 heavy (non-hydrogen) atoms. The van der Waals surface area contributed by atoms with Gasteiger partial charge in [-0.05, 0) is 42.0 Å². The average Bonchev–Trinajstić information content (AvgIpc) is 3.34. The van der Waals surface area contributed by atoms with Crippen molar-refractivity contribution in [2.45, 2.75) is 18.9 Å². The molecule has 0 aliphatic carbocycles. The highest BCUT2D eigenvalue weighted by Gasteiger charge is 2.38. The minimum Gasteiger partial charge on any atom is -0.413 e. The molecule has 0 bridgehead atoms. The molecule has 0 spiro atoms. The Hall–Kier alpha value is -3.35. The third kappa shape index (κ3) is 5.89. The van der Waals surface area contributed by atoms with E-state index in [4.69, 9.17) is 4.42 Å². The van der Waals surface area contributed by atoms with Crippen LogP contribution in [-0.2, 0) is 29.7 Å². The molecule has 192 valence electrons. The molecule has 0 atom stereocenters. The third-order valence-electron chi connectivity index (χ3n) is 5.57. The fraction of sp³-hybridized carbons (Fsp3) is 0.304. The Balaban J connectivity index is 1.58. The summed E-state index contributed by atoms with van der Waals surface area (Å²) in [6.45, 7) is 5.31. The number of halogens is 6. The van der Waals surface area contributed by atoms with Gasteiger partial charge in [-0.25, -0.2) is 0 Å². The summed E-state index contributed by atoms with van der Waals surface area (Å²) < 4.78 is 93.8. The molecule has 3 aromatic rings. The van der Waals surface area contributed by atoms with Crippen LogP contribution in [0.15, 0.2) is 65.3 Å². The van der Waals surface area contributed by atoms with Crippen LogP contribution < -0.4 is 4.90 Å². The van der Waals surface area contributed by atoms with Gasteiger partial charge in [0.1, 0.15) is 5.82 Å². The first-order valence-electron chi connectivity index (χ1n) is 10.7. The summed E-state index contributed by atoms with van der Waals surface area (Å²) >= 11 is 0. The van der Waals surface area contributed by atoms with Crippen LogP contribution in [-0.4, -0.2) is 43.9 Å². The maximum absolute atomic E-state index is 13.1. The normalized spacial score (nSPS) is 15.2. The number of hydrogen-bond acceptors (Lipinski definition) is 6. The summed E-state index contributed by atoms with van der Waals surface area (Å²) in [7, 11) is -0.928. The van der Waals surface area contributed by atoms with Gasteiger partial charge < -0.3 is 14.2 Å². The molecule has 1 fully saturated rings. The molecule has 1 aliphatic rings. The molecule has 0 radical (unpaired) electrons. The monoisotopic (exact) mass is 530 g/mol. The van der Waals surface area contributed by atoms with Crippen LogP contribution in [0.5, 0.6) is 0 Å². The van der Waals surface area contributed by atoms with E-state index in [2.05, 4.69) is 16.8 Å². The Morgan fingerprint density at radius 3 is 2.08 bits per heavy atom. The van der Waals surface area contributed by atoms with Gasteiger partial charge in [-0.15, -0.1) is 10.2 Å². The molecule has 0 N–H and O–H groups in total. The second-order valence-electron chi connectivity index (χ2n) is 7.99. The maximum atomic E-state index is 13.1. The van der Waals surface area contributed by atoms with Crippen molar-refractivity contribution in [1.29, 1.82) is 0 Å². The minimum absolute atomic E-state index is 0.210. The van der Waals surface area contributed by atoms with Crippen molar-refractivity contribution in [2.24, 2.45) is 0 Å². The topological polar surface area (TPSA) is 62.5 Å². The Morgan fingerprint density at radius 2 is 1.56 bits per heavy atom. The second-order valence-corrected chi connectivity index (χ2v) is 9.69. The molecule has 2 aromatic carbocycles. The summed E-state index contributed by atoms with van der Waals surface area (Å²) in [4.78, 5) is 3.66. The van der Waals surface area contributed by atoms with Crippen molar-refractivity contribution in [1.82, 2.24) is 15.1 Å². The zero-order valence-corrected chi connectivity index (χ0v) is 19.5. The molecule has 1 aliphatic heterocycles.